The van der Waals surface area contributed by atoms with E-state index in [1.165, 1.54) is 0 Å². The maximum absolute atomic E-state index is 12.8. The third-order valence-corrected chi connectivity index (χ3v) is 5.91. The molecule has 1 unspecified atom stereocenters. The molecule has 1 saturated heterocycles. The number of halogens is 1. The van der Waals surface area contributed by atoms with Crippen LogP contribution < -0.4 is 16.0 Å². The summed E-state index contributed by atoms with van der Waals surface area (Å²) in [5.74, 6) is -2.63. The van der Waals surface area contributed by atoms with Crippen LogP contribution in [0.3, 0.4) is 0 Å². The summed E-state index contributed by atoms with van der Waals surface area (Å²) in [5, 5.41) is 8.39. The maximum atomic E-state index is 12.8. The first-order valence-corrected chi connectivity index (χ1v) is 10.9. The molecule has 0 radical (unpaired) electrons. The number of rotatable bonds is 6. The Bertz CT molecular complexity index is 1260. The molecule has 2 heterocycles. The summed E-state index contributed by atoms with van der Waals surface area (Å²) in [6, 6.07) is 11.1. The maximum Gasteiger partial charge on any atom is 0.278 e. The Morgan fingerprint density at radius 2 is 1.91 bits per heavy atom. The van der Waals surface area contributed by atoms with E-state index >= 15 is 0 Å². The molecule has 2 aromatic rings. The molecule has 1 atom stereocenters. The lowest BCUT2D eigenvalue weighted by Gasteiger charge is -2.28. The number of carbonyl (C=O) groups excluding carboxylic acids is 5. The van der Waals surface area contributed by atoms with Gasteiger partial charge in [0.25, 0.3) is 11.8 Å². The summed E-state index contributed by atoms with van der Waals surface area (Å²) in [6.45, 7) is 1.87. The Hall–Kier alpha value is -3.98. The normalized spacial score (nSPS) is 18.0. The zero-order chi connectivity index (χ0) is 24.4. The summed E-state index contributed by atoms with van der Waals surface area (Å²) >= 11 is 6.10. The third-order valence-electron chi connectivity index (χ3n) is 5.50. The van der Waals surface area contributed by atoms with E-state index in [2.05, 4.69) is 16.0 Å². The molecule has 2 aliphatic heterocycles. The van der Waals surface area contributed by atoms with Crippen molar-refractivity contribution >= 4 is 52.5 Å². The minimum atomic E-state index is -1.03. The minimum absolute atomic E-state index is 0.00518. The van der Waals surface area contributed by atoms with E-state index in [0.29, 0.717) is 22.0 Å². The van der Waals surface area contributed by atoms with Gasteiger partial charge in [-0.2, -0.15) is 0 Å². The number of nitrogens with one attached hydrogen (secondary N) is 3. The van der Waals surface area contributed by atoms with Gasteiger partial charge in [0.05, 0.1) is 6.42 Å². The van der Waals surface area contributed by atoms with Crippen LogP contribution in [0.25, 0.3) is 0 Å². The second-order valence-corrected chi connectivity index (χ2v) is 8.46. The molecule has 2 aromatic carbocycles. The van der Waals surface area contributed by atoms with Gasteiger partial charge in [-0.15, -0.1) is 0 Å². The number of anilines is 2. The molecule has 174 valence electrons. The van der Waals surface area contributed by atoms with Crippen LogP contribution in [0.5, 0.6) is 0 Å². The van der Waals surface area contributed by atoms with Crippen LogP contribution in [0.2, 0.25) is 5.02 Å². The van der Waals surface area contributed by atoms with Gasteiger partial charge in [-0.1, -0.05) is 29.8 Å². The summed E-state index contributed by atoms with van der Waals surface area (Å²) < 4.78 is 0. The van der Waals surface area contributed by atoms with Gasteiger partial charge in [0.15, 0.2) is 0 Å². The van der Waals surface area contributed by atoms with Crippen molar-refractivity contribution in [1.82, 2.24) is 10.2 Å². The smallest absolute Gasteiger partial charge is 0.278 e. The second-order valence-electron chi connectivity index (χ2n) is 8.05. The van der Waals surface area contributed by atoms with E-state index in [-0.39, 0.29) is 30.9 Å². The monoisotopic (exact) mass is 480 g/mol. The van der Waals surface area contributed by atoms with E-state index in [1.54, 1.807) is 36.4 Å². The van der Waals surface area contributed by atoms with Gasteiger partial charge in [0.2, 0.25) is 17.7 Å². The highest BCUT2D eigenvalue weighted by molar-refractivity contribution is 6.31. The molecular formula is C24H21ClN4O5. The molecule has 10 heteroatoms. The summed E-state index contributed by atoms with van der Waals surface area (Å²) in [5.41, 5.74) is 2.68. The van der Waals surface area contributed by atoms with Crippen LogP contribution in [-0.4, -0.2) is 40.5 Å². The molecule has 34 heavy (non-hydrogen) atoms. The molecule has 0 saturated carbocycles. The highest BCUT2D eigenvalue weighted by Crippen LogP contribution is 2.24. The number of nitrogens with zero attached hydrogens (tertiary/aromatic N) is 1. The quantitative estimate of drug-likeness (QED) is 0.545. The van der Waals surface area contributed by atoms with Gasteiger partial charge in [-0.25, -0.2) is 0 Å². The molecule has 0 aliphatic carbocycles. The van der Waals surface area contributed by atoms with E-state index in [4.69, 9.17) is 11.6 Å². The van der Waals surface area contributed by atoms with Crippen molar-refractivity contribution < 1.29 is 24.0 Å². The van der Waals surface area contributed by atoms with Crippen molar-refractivity contribution in [3.8, 4) is 0 Å². The lowest BCUT2D eigenvalue weighted by molar-refractivity contribution is -0.149. The molecule has 2 aliphatic rings. The predicted octanol–water partition coefficient (Wildman–Crippen LogP) is 2.30. The minimum Gasteiger partial charge on any atom is -0.351 e. The predicted molar refractivity (Wildman–Crippen MR) is 125 cm³/mol. The van der Waals surface area contributed by atoms with Crippen LogP contribution in [0.4, 0.5) is 11.4 Å². The van der Waals surface area contributed by atoms with Crippen molar-refractivity contribution in [1.29, 1.82) is 0 Å². The molecule has 0 aromatic heterocycles. The van der Waals surface area contributed by atoms with Gasteiger partial charge in [-0.05, 0) is 48.7 Å². The number of hydrogen-bond acceptors (Lipinski definition) is 6. The van der Waals surface area contributed by atoms with E-state index in [1.807, 2.05) is 13.0 Å². The summed E-state index contributed by atoms with van der Waals surface area (Å²) in [4.78, 5) is 62.0. The first-order valence-electron chi connectivity index (χ1n) is 10.6. The SMILES string of the molecule is Cc1ccc(NC(=O)Cc2cccc(NC3=CC(=O)N(C4CCC(=O)NC4=O)C3=O)c2)cc1Cl. The van der Waals surface area contributed by atoms with Crippen molar-refractivity contribution in [3.05, 3.63) is 70.4 Å². The molecule has 4 rings (SSSR count). The fourth-order valence-corrected chi connectivity index (χ4v) is 3.95. The average Bonchev–Trinajstić information content (AvgIpc) is 3.04. The topological polar surface area (TPSA) is 125 Å². The molecule has 3 N–H and O–H groups in total. The van der Waals surface area contributed by atoms with Crippen LogP contribution >= 0.6 is 11.6 Å². The largest absolute Gasteiger partial charge is 0.351 e. The number of aryl methyl sites for hydroxylation is 1. The van der Waals surface area contributed by atoms with Gasteiger partial charge in [-0.3, -0.25) is 34.2 Å². The Morgan fingerprint density at radius 3 is 2.65 bits per heavy atom. The fraction of sp³-hybridized carbons (Fsp3) is 0.208. The first kappa shape index (κ1) is 23.2. The number of carbonyl (C=O) groups is 5. The van der Waals surface area contributed by atoms with Gasteiger partial charge in [0.1, 0.15) is 11.7 Å². The van der Waals surface area contributed by atoms with Crippen LogP contribution in [0, 0.1) is 6.92 Å². The molecule has 1 fully saturated rings. The highest BCUT2D eigenvalue weighted by atomic mass is 35.5. The highest BCUT2D eigenvalue weighted by Gasteiger charge is 2.42. The first-order chi connectivity index (χ1) is 16.2. The van der Waals surface area contributed by atoms with Crippen molar-refractivity contribution in [3.63, 3.8) is 0 Å². The number of benzene rings is 2. The van der Waals surface area contributed by atoms with E-state index < -0.39 is 29.7 Å². The van der Waals surface area contributed by atoms with Gasteiger partial charge < -0.3 is 10.6 Å². The third kappa shape index (κ3) is 4.99. The van der Waals surface area contributed by atoms with Gasteiger partial charge in [0, 0.05) is 28.9 Å². The zero-order valence-corrected chi connectivity index (χ0v) is 18.9. The van der Waals surface area contributed by atoms with E-state index in [0.717, 1.165) is 16.5 Å². The van der Waals surface area contributed by atoms with Crippen molar-refractivity contribution in [2.24, 2.45) is 0 Å². The molecule has 5 amide bonds. The van der Waals surface area contributed by atoms with Gasteiger partial charge >= 0.3 is 0 Å². The van der Waals surface area contributed by atoms with Crippen molar-refractivity contribution in [2.45, 2.75) is 32.2 Å². The molecule has 0 bridgehead atoms. The lowest BCUT2D eigenvalue weighted by atomic mass is 10.0. The summed E-state index contributed by atoms with van der Waals surface area (Å²) in [7, 11) is 0. The number of imide groups is 2. The Balaban J connectivity index is 1.40. The van der Waals surface area contributed by atoms with E-state index in [9.17, 15) is 24.0 Å². The number of piperidine rings is 1. The van der Waals surface area contributed by atoms with Crippen LogP contribution in [0.15, 0.2) is 54.2 Å². The van der Waals surface area contributed by atoms with Crippen LogP contribution in [0.1, 0.15) is 24.0 Å². The fourth-order valence-electron chi connectivity index (χ4n) is 3.77. The van der Waals surface area contributed by atoms with Crippen molar-refractivity contribution in [2.75, 3.05) is 10.6 Å². The summed E-state index contributed by atoms with van der Waals surface area (Å²) in [6.07, 6.45) is 1.33. The Labute approximate surface area is 200 Å². The number of amides is 5. The Morgan fingerprint density at radius 1 is 1.12 bits per heavy atom. The second kappa shape index (κ2) is 9.48. The standard InChI is InChI=1S/C24H21ClN4O5/c1-13-5-6-16(11-17(13)25)27-21(31)10-14-3-2-4-15(9-14)26-18-12-22(32)29(24(18)34)19-7-8-20(30)28-23(19)33/h2-6,9,11-12,19,26H,7-8,10H2,1H3,(H,27,31)(H,28,30,33). The molecule has 9 nitrogen and oxygen atoms in total. The number of hydrogen-bond donors (Lipinski definition) is 3. The lowest BCUT2D eigenvalue weighted by Crippen LogP contribution is -2.54. The Kier molecular flexibility index (Phi) is 6.47. The average molecular weight is 481 g/mol. The van der Waals surface area contributed by atoms with Crippen LogP contribution in [-0.2, 0) is 30.4 Å². The zero-order valence-electron chi connectivity index (χ0n) is 18.2. The molecular weight excluding hydrogens is 460 g/mol. The molecule has 0 spiro atoms.